The topological polar surface area (TPSA) is 38.3 Å². The van der Waals surface area contributed by atoms with Crippen molar-refractivity contribution in [1.29, 1.82) is 0 Å². The number of carbonyl (C=O) groups is 1. The molecule has 0 aliphatic heterocycles. The third-order valence-electron chi connectivity index (χ3n) is 2.60. The molecule has 2 aromatic carbocycles. The fraction of sp³-hybridized carbons (Fsp3) is 0.0714. The van der Waals surface area contributed by atoms with Gasteiger partial charge in [-0.05, 0) is 52.3 Å². The van der Waals surface area contributed by atoms with Gasteiger partial charge < -0.3 is 10.1 Å². The van der Waals surface area contributed by atoms with Crippen molar-refractivity contribution in [3.63, 3.8) is 0 Å². The van der Waals surface area contributed by atoms with Crippen molar-refractivity contribution >= 4 is 39.1 Å². The van der Waals surface area contributed by atoms with E-state index in [1.807, 2.05) is 0 Å². The van der Waals surface area contributed by atoms with E-state index in [1.165, 1.54) is 19.2 Å². The average molecular weight is 359 g/mol. The first-order valence-electron chi connectivity index (χ1n) is 5.61. The zero-order valence-electron chi connectivity index (χ0n) is 10.4. The molecule has 0 unspecified atom stereocenters. The molecular weight excluding hydrogens is 349 g/mol. The van der Waals surface area contributed by atoms with Crippen LogP contribution in [-0.2, 0) is 0 Å². The molecule has 0 aliphatic carbocycles. The summed E-state index contributed by atoms with van der Waals surface area (Å²) in [7, 11) is 1.51. The summed E-state index contributed by atoms with van der Waals surface area (Å²) < 4.78 is 19.0. The number of halogens is 3. The number of benzene rings is 2. The van der Waals surface area contributed by atoms with Gasteiger partial charge >= 0.3 is 0 Å². The Hall–Kier alpha value is -1.59. The highest BCUT2D eigenvalue weighted by Crippen LogP contribution is 2.24. The van der Waals surface area contributed by atoms with E-state index in [1.54, 1.807) is 18.2 Å². The van der Waals surface area contributed by atoms with Gasteiger partial charge in [0.05, 0.1) is 17.7 Å². The minimum atomic E-state index is -0.589. The van der Waals surface area contributed by atoms with Gasteiger partial charge in [-0.1, -0.05) is 11.6 Å². The SMILES string of the molecule is COc1ccc(Br)c(C(=O)Nc2ccc(Cl)c(F)c2)c1. The van der Waals surface area contributed by atoms with E-state index in [2.05, 4.69) is 21.2 Å². The van der Waals surface area contributed by atoms with Crippen LogP contribution in [0.2, 0.25) is 5.02 Å². The monoisotopic (exact) mass is 357 g/mol. The molecule has 20 heavy (non-hydrogen) atoms. The first kappa shape index (κ1) is 14.8. The van der Waals surface area contributed by atoms with Crippen LogP contribution in [0.5, 0.6) is 5.75 Å². The minimum absolute atomic E-state index is 0.00515. The lowest BCUT2D eigenvalue weighted by Crippen LogP contribution is -2.12. The molecule has 0 bridgehead atoms. The molecule has 0 heterocycles. The number of rotatable bonds is 3. The second-order valence-electron chi connectivity index (χ2n) is 3.93. The first-order valence-corrected chi connectivity index (χ1v) is 6.78. The van der Waals surface area contributed by atoms with Crippen molar-refractivity contribution in [2.24, 2.45) is 0 Å². The number of amides is 1. The van der Waals surface area contributed by atoms with E-state index < -0.39 is 5.82 Å². The molecule has 1 N–H and O–H groups in total. The zero-order valence-corrected chi connectivity index (χ0v) is 12.8. The number of ether oxygens (including phenoxy) is 1. The van der Waals surface area contributed by atoms with Crippen molar-refractivity contribution in [3.05, 3.63) is 57.3 Å². The molecule has 0 radical (unpaired) electrons. The number of nitrogens with one attached hydrogen (secondary N) is 1. The predicted molar refractivity (Wildman–Crippen MR) is 80.1 cm³/mol. The summed E-state index contributed by atoms with van der Waals surface area (Å²) in [6, 6.07) is 9.09. The Kier molecular flexibility index (Phi) is 4.62. The lowest BCUT2D eigenvalue weighted by molar-refractivity contribution is 0.102. The van der Waals surface area contributed by atoms with E-state index >= 15 is 0 Å². The Balaban J connectivity index is 2.25. The maximum Gasteiger partial charge on any atom is 0.256 e. The van der Waals surface area contributed by atoms with Gasteiger partial charge in [0.25, 0.3) is 5.91 Å². The van der Waals surface area contributed by atoms with Crippen molar-refractivity contribution in [1.82, 2.24) is 0 Å². The van der Waals surface area contributed by atoms with Crippen LogP contribution in [0.25, 0.3) is 0 Å². The summed E-state index contributed by atoms with van der Waals surface area (Å²) >= 11 is 8.88. The Morgan fingerprint density at radius 3 is 2.70 bits per heavy atom. The van der Waals surface area contributed by atoms with Gasteiger partial charge in [0, 0.05) is 10.2 Å². The molecule has 0 aliphatic rings. The van der Waals surface area contributed by atoms with Gasteiger partial charge in [0.1, 0.15) is 11.6 Å². The molecule has 6 heteroatoms. The number of hydrogen-bond donors (Lipinski definition) is 1. The molecule has 0 aromatic heterocycles. The Bertz CT molecular complexity index is 664. The predicted octanol–water partition coefficient (Wildman–Crippen LogP) is 4.50. The summed E-state index contributed by atoms with van der Waals surface area (Å²) in [6.07, 6.45) is 0. The summed E-state index contributed by atoms with van der Waals surface area (Å²) in [6.45, 7) is 0. The maximum atomic E-state index is 13.3. The third kappa shape index (κ3) is 3.29. The van der Waals surface area contributed by atoms with E-state index in [9.17, 15) is 9.18 Å². The number of hydrogen-bond acceptors (Lipinski definition) is 2. The van der Waals surface area contributed by atoms with Crippen molar-refractivity contribution in [2.45, 2.75) is 0 Å². The average Bonchev–Trinajstić information content (AvgIpc) is 2.43. The molecule has 2 rings (SSSR count). The molecular formula is C14H10BrClFNO2. The zero-order chi connectivity index (χ0) is 14.7. The summed E-state index contributed by atoms with van der Waals surface area (Å²) in [5.41, 5.74) is 0.714. The minimum Gasteiger partial charge on any atom is -0.497 e. The standard InChI is InChI=1S/C14H10BrClFNO2/c1-20-9-3-4-11(15)10(7-9)14(19)18-8-2-5-12(16)13(17)6-8/h2-7H,1H3,(H,18,19). The smallest absolute Gasteiger partial charge is 0.256 e. The summed E-state index contributed by atoms with van der Waals surface area (Å²) in [4.78, 5) is 12.1. The molecule has 3 nitrogen and oxygen atoms in total. The number of carbonyl (C=O) groups excluding carboxylic acids is 1. The molecule has 0 atom stereocenters. The van der Waals surface area contributed by atoms with E-state index in [0.717, 1.165) is 6.07 Å². The Morgan fingerprint density at radius 2 is 2.05 bits per heavy atom. The second kappa shape index (κ2) is 6.24. The highest BCUT2D eigenvalue weighted by molar-refractivity contribution is 9.10. The van der Waals surface area contributed by atoms with Crippen LogP contribution >= 0.6 is 27.5 Å². The largest absolute Gasteiger partial charge is 0.497 e. The number of anilines is 1. The Morgan fingerprint density at radius 1 is 1.30 bits per heavy atom. The second-order valence-corrected chi connectivity index (χ2v) is 5.19. The van der Waals surface area contributed by atoms with Crippen LogP contribution in [0.15, 0.2) is 40.9 Å². The van der Waals surface area contributed by atoms with E-state index in [0.29, 0.717) is 21.5 Å². The lowest BCUT2D eigenvalue weighted by Gasteiger charge is -2.09. The summed E-state index contributed by atoms with van der Waals surface area (Å²) in [5, 5.41) is 2.60. The van der Waals surface area contributed by atoms with Crippen molar-refractivity contribution in [2.75, 3.05) is 12.4 Å². The molecule has 0 saturated carbocycles. The van der Waals surface area contributed by atoms with Gasteiger partial charge in [-0.3, -0.25) is 4.79 Å². The lowest BCUT2D eigenvalue weighted by atomic mass is 10.2. The third-order valence-corrected chi connectivity index (χ3v) is 3.59. The quantitative estimate of drug-likeness (QED) is 0.877. The van der Waals surface area contributed by atoms with Gasteiger partial charge in [0.2, 0.25) is 0 Å². The molecule has 0 fully saturated rings. The molecule has 0 spiro atoms. The van der Waals surface area contributed by atoms with Gasteiger partial charge in [-0.2, -0.15) is 0 Å². The van der Waals surface area contributed by atoms with E-state index in [4.69, 9.17) is 16.3 Å². The van der Waals surface area contributed by atoms with Crippen LogP contribution in [0.3, 0.4) is 0 Å². The van der Waals surface area contributed by atoms with Crippen LogP contribution in [-0.4, -0.2) is 13.0 Å². The Labute approximate surface area is 128 Å². The maximum absolute atomic E-state index is 13.3. The fourth-order valence-electron chi connectivity index (χ4n) is 1.58. The van der Waals surface area contributed by atoms with Crippen molar-refractivity contribution < 1.29 is 13.9 Å². The van der Waals surface area contributed by atoms with Crippen LogP contribution in [0.1, 0.15) is 10.4 Å². The molecule has 1 amide bonds. The van der Waals surface area contributed by atoms with Crippen LogP contribution in [0.4, 0.5) is 10.1 Å². The normalized spacial score (nSPS) is 10.2. The van der Waals surface area contributed by atoms with E-state index in [-0.39, 0.29) is 10.9 Å². The van der Waals surface area contributed by atoms with Crippen LogP contribution < -0.4 is 10.1 Å². The molecule has 104 valence electrons. The summed E-state index contributed by atoms with van der Waals surface area (Å²) in [5.74, 6) is -0.410. The molecule has 0 saturated heterocycles. The highest BCUT2D eigenvalue weighted by atomic mass is 79.9. The van der Waals surface area contributed by atoms with Gasteiger partial charge in [0.15, 0.2) is 0 Å². The highest BCUT2D eigenvalue weighted by Gasteiger charge is 2.12. The fourth-order valence-corrected chi connectivity index (χ4v) is 2.12. The van der Waals surface area contributed by atoms with Crippen molar-refractivity contribution in [3.8, 4) is 5.75 Å². The van der Waals surface area contributed by atoms with Crippen LogP contribution in [0, 0.1) is 5.82 Å². The number of methoxy groups -OCH3 is 1. The van der Waals surface area contributed by atoms with Gasteiger partial charge in [-0.15, -0.1) is 0 Å². The first-order chi connectivity index (χ1) is 9.51. The molecule has 2 aromatic rings. The van der Waals surface area contributed by atoms with Gasteiger partial charge in [-0.25, -0.2) is 4.39 Å².